The van der Waals surface area contributed by atoms with Crippen molar-refractivity contribution < 1.29 is 9.13 Å². The molecule has 0 radical (unpaired) electrons. The minimum atomic E-state index is -0.209. The second kappa shape index (κ2) is 7.02. The van der Waals surface area contributed by atoms with E-state index < -0.39 is 0 Å². The number of ether oxygens (including phenoxy) is 1. The molecule has 16 heavy (non-hydrogen) atoms. The van der Waals surface area contributed by atoms with Crippen molar-refractivity contribution in [1.29, 1.82) is 0 Å². The molecule has 1 atom stereocenters. The van der Waals surface area contributed by atoms with E-state index in [2.05, 4.69) is 29.8 Å². The van der Waals surface area contributed by atoms with Gasteiger partial charge in [-0.25, -0.2) is 4.39 Å². The van der Waals surface area contributed by atoms with Gasteiger partial charge in [-0.15, -0.1) is 0 Å². The lowest BCUT2D eigenvalue weighted by atomic mass is 10.1. The van der Waals surface area contributed by atoms with E-state index in [0.29, 0.717) is 0 Å². The molecule has 1 rings (SSSR count). The lowest BCUT2D eigenvalue weighted by Gasteiger charge is -2.22. The van der Waals surface area contributed by atoms with Gasteiger partial charge in [0.25, 0.3) is 0 Å². The largest absolute Gasteiger partial charge is 0.369 e. The first-order valence-corrected chi connectivity index (χ1v) is 6.80. The van der Waals surface area contributed by atoms with Gasteiger partial charge < -0.3 is 4.74 Å². The van der Waals surface area contributed by atoms with Crippen molar-refractivity contribution in [2.45, 2.75) is 38.9 Å². The smallest absolute Gasteiger partial charge is 0.123 e. The van der Waals surface area contributed by atoms with Crippen LogP contribution in [-0.4, -0.2) is 11.4 Å². The zero-order valence-electron chi connectivity index (χ0n) is 9.75. The van der Waals surface area contributed by atoms with Crippen LogP contribution in [0.2, 0.25) is 0 Å². The Bertz CT molecular complexity index is 295. The molecule has 0 bridgehead atoms. The molecule has 0 aliphatic carbocycles. The molecule has 0 aliphatic rings. The van der Waals surface area contributed by atoms with Crippen molar-refractivity contribution in [3.8, 4) is 0 Å². The standard InChI is InChI=1S/C13H18BrFO/c1-3-12(4-2)16-13(9-14)10-5-7-11(15)8-6-10/h5-8,12-13H,3-4,9H2,1-2H3. The third-order valence-electron chi connectivity index (χ3n) is 2.65. The molecule has 1 aromatic rings. The third kappa shape index (κ3) is 3.87. The quantitative estimate of drug-likeness (QED) is 0.702. The Morgan fingerprint density at radius 3 is 2.19 bits per heavy atom. The lowest BCUT2D eigenvalue weighted by molar-refractivity contribution is -0.00395. The van der Waals surface area contributed by atoms with Gasteiger partial charge in [-0.2, -0.15) is 0 Å². The maximum Gasteiger partial charge on any atom is 0.123 e. The third-order valence-corrected chi connectivity index (χ3v) is 3.24. The topological polar surface area (TPSA) is 9.23 Å². The van der Waals surface area contributed by atoms with E-state index in [1.165, 1.54) is 12.1 Å². The molecule has 0 heterocycles. The summed E-state index contributed by atoms with van der Waals surface area (Å²) in [6.45, 7) is 4.23. The summed E-state index contributed by atoms with van der Waals surface area (Å²) in [5.74, 6) is -0.209. The summed E-state index contributed by atoms with van der Waals surface area (Å²) in [7, 11) is 0. The van der Waals surface area contributed by atoms with Gasteiger partial charge in [-0.3, -0.25) is 0 Å². The molecule has 0 aliphatic heterocycles. The average Bonchev–Trinajstić information content (AvgIpc) is 2.32. The summed E-state index contributed by atoms with van der Waals surface area (Å²) >= 11 is 3.44. The highest BCUT2D eigenvalue weighted by atomic mass is 79.9. The Hall–Kier alpha value is -0.410. The Kier molecular flexibility index (Phi) is 5.99. The monoisotopic (exact) mass is 288 g/mol. The molecule has 0 N–H and O–H groups in total. The van der Waals surface area contributed by atoms with Gasteiger partial charge in [0, 0.05) is 5.33 Å². The Morgan fingerprint density at radius 1 is 1.19 bits per heavy atom. The van der Waals surface area contributed by atoms with Gasteiger partial charge in [-0.1, -0.05) is 41.9 Å². The lowest BCUT2D eigenvalue weighted by Crippen LogP contribution is -2.16. The van der Waals surface area contributed by atoms with Crippen LogP contribution in [0.1, 0.15) is 38.4 Å². The SMILES string of the molecule is CCC(CC)OC(CBr)c1ccc(F)cc1. The van der Waals surface area contributed by atoms with Crippen LogP contribution >= 0.6 is 15.9 Å². The molecule has 0 spiro atoms. The van der Waals surface area contributed by atoms with Crippen LogP contribution in [0, 0.1) is 5.82 Å². The van der Waals surface area contributed by atoms with Crippen molar-refractivity contribution in [2.75, 3.05) is 5.33 Å². The van der Waals surface area contributed by atoms with E-state index >= 15 is 0 Å². The predicted molar refractivity (Wildman–Crippen MR) is 68.4 cm³/mol. The molecule has 0 saturated heterocycles. The van der Waals surface area contributed by atoms with Crippen LogP contribution in [0.25, 0.3) is 0 Å². The second-order valence-corrected chi connectivity index (χ2v) is 4.42. The van der Waals surface area contributed by atoms with Crippen LogP contribution in [0.5, 0.6) is 0 Å². The van der Waals surface area contributed by atoms with Crippen LogP contribution in [0.3, 0.4) is 0 Å². The molecule has 1 nitrogen and oxygen atoms in total. The number of hydrogen-bond donors (Lipinski definition) is 0. The fourth-order valence-corrected chi connectivity index (χ4v) is 2.12. The zero-order chi connectivity index (χ0) is 12.0. The summed E-state index contributed by atoms with van der Waals surface area (Å²) in [6.07, 6.45) is 2.28. The molecule has 3 heteroatoms. The van der Waals surface area contributed by atoms with Crippen LogP contribution in [0.4, 0.5) is 4.39 Å². The van der Waals surface area contributed by atoms with E-state index in [0.717, 1.165) is 23.7 Å². The molecular weight excluding hydrogens is 271 g/mol. The summed E-state index contributed by atoms with van der Waals surface area (Å²) in [4.78, 5) is 0. The highest BCUT2D eigenvalue weighted by Crippen LogP contribution is 2.23. The highest BCUT2D eigenvalue weighted by molar-refractivity contribution is 9.09. The fourth-order valence-electron chi connectivity index (χ4n) is 1.59. The molecule has 1 unspecified atom stereocenters. The van der Waals surface area contributed by atoms with Crippen molar-refractivity contribution in [1.82, 2.24) is 0 Å². The van der Waals surface area contributed by atoms with Crippen LogP contribution in [0.15, 0.2) is 24.3 Å². The summed E-state index contributed by atoms with van der Waals surface area (Å²) in [5, 5.41) is 0.731. The molecule has 90 valence electrons. The Labute approximate surface area is 105 Å². The molecule has 1 aromatic carbocycles. The molecule has 0 fully saturated rings. The number of rotatable bonds is 6. The maximum atomic E-state index is 12.8. The summed E-state index contributed by atoms with van der Waals surface area (Å²) in [5.41, 5.74) is 1.02. The molecular formula is C13H18BrFO. The van der Waals surface area contributed by atoms with Gasteiger partial charge in [0.05, 0.1) is 12.2 Å². The first kappa shape index (κ1) is 13.7. The van der Waals surface area contributed by atoms with Gasteiger partial charge in [-0.05, 0) is 30.5 Å². The van der Waals surface area contributed by atoms with Gasteiger partial charge in [0.1, 0.15) is 5.82 Å². The van der Waals surface area contributed by atoms with E-state index in [1.807, 2.05) is 0 Å². The van der Waals surface area contributed by atoms with Crippen molar-refractivity contribution in [3.05, 3.63) is 35.6 Å². The second-order valence-electron chi connectivity index (χ2n) is 3.77. The summed E-state index contributed by atoms with van der Waals surface area (Å²) < 4.78 is 18.8. The van der Waals surface area contributed by atoms with Crippen LogP contribution < -0.4 is 0 Å². The summed E-state index contributed by atoms with van der Waals surface area (Å²) in [6, 6.07) is 6.51. The number of alkyl halides is 1. The zero-order valence-corrected chi connectivity index (χ0v) is 11.3. The average molecular weight is 289 g/mol. The van der Waals surface area contributed by atoms with Crippen molar-refractivity contribution in [3.63, 3.8) is 0 Å². The van der Waals surface area contributed by atoms with E-state index in [1.54, 1.807) is 12.1 Å². The molecule has 0 amide bonds. The minimum Gasteiger partial charge on any atom is -0.369 e. The Morgan fingerprint density at radius 2 is 1.75 bits per heavy atom. The van der Waals surface area contributed by atoms with Gasteiger partial charge in [0.15, 0.2) is 0 Å². The molecule has 0 saturated carbocycles. The normalized spacial score (nSPS) is 13.1. The minimum absolute atomic E-state index is 0.00509. The maximum absolute atomic E-state index is 12.8. The number of hydrogen-bond acceptors (Lipinski definition) is 1. The van der Waals surface area contributed by atoms with Gasteiger partial charge in [0.2, 0.25) is 0 Å². The Balaban J connectivity index is 2.70. The first-order valence-electron chi connectivity index (χ1n) is 5.68. The first-order chi connectivity index (χ1) is 7.71. The highest BCUT2D eigenvalue weighted by Gasteiger charge is 2.15. The van der Waals surface area contributed by atoms with Crippen LogP contribution in [-0.2, 0) is 4.74 Å². The van der Waals surface area contributed by atoms with Crippen molar-refractivity contribution >= 4 is 15.9 Å². The van der Waals surface area contributed by atoms with E-state index in [-0.39, 0.29) is 18.0 Å². The van der Waals surface area contributed by atoms with Crippen molar-refractivity contribution in [2.24, 2.45) is 0 Å². The van der Waals surface area contributed by atoms with E-state index in [4.69, 9.17) is 4.74 Å². The fraction of sp³-hybridized carbons (Fsp3) is 0.538. The number of halogens is 2. The molecule has 0 aromatic heterocycles. The number of benzene rings is 1. The predicted octanol–water partition coefficient (Wildman–Crippen LogP) is 4.47. The van der Waals surface area contributed by atoms with Gasteiger partial charge >= 0.3 is 0 Å². The van der Waals surface area contributed by atoms with E-state index in [9.17, 15) is 4.39 Å².